The topological polar surface area (TPSA) is 30.7 Å². The Kier molecular flexibility index (Phi) is 1.40. The van der Waals surface area contributed by atoms with E-state index in [0.717, 1.165) is 11.3 Å². The number of fused-ring (bicyclic) bond motifs is 1. The van der Waals surface area contributed by atoms with Gasteiger partial charge in [-0.15, -0.1) is 5.10 Å². The van der Waals surface area contributed by atoms with E-state index in [0.29, 0.717) is 0 Å². The maximum atomic E-state index is 4.11. The monoisotopic (exact) mass is 161 g/mol. The minimum atomic E-state index is 0.957. The van der Waals surface area contributed by atoms with Crippen molar-refractivity contribution < 1.29 is 0 Å². The van der Waals surface area contributed by atoms with Crippen LogP contribution in [-0.4, -0.2) is 14.8 Å². The van der Waals surface area contributed by atoms with Crippen LogP contribution in [0.5, 0.6) is 0 Å². The summed E-state index contributed by atoms with van der Waals surface area (Å²) in [5.74, 6) is 0. The molecule has 0 saturated heterocycles. The predicted molar refractivity (Wildman–Crippen MR) is 48.0 cm³/mol. The number of aromatic nitrogens is 3. The van der Waals surface area contributed by atoms with Crippen molar-refractivity contribution in [1.29, 1.82) is 0 Å². The fourth-order valence-corrected chi connectivity index (χ4v) is 1.33. The number of nitrogens with zero attached hydrogens (tertiary/aromatic N) is 3. The van der Waals surface area contributed by atoms with Gasteiger partial charge in [-0.1, -0.05) is 0 Å². The molecule has 2 aromatic rings. The van der Waals surface area contributed by atoms with Gasteiger partial charge in [-0.25, -0.2) is 0 Å². The number of rotatable bonds is 0. The van der Waals surface area contributed by atoms with Crippen molar-refractivity contribution in [1.82, 2.24) is 14.8 Å². The largest absolute Gasteiger partial charge is 0.334 e. The van der Waals surface area contributed by atoms with E-state index >= 15 is 0 Å². The summed E-state index contributed by atoms with van der Waals surface area (Å²) in [5.41, 5.74) is 3.19. The van der Waals surface area contributed by atoms with Crippen LogP contribution in [0.25, 0.3) is 11.0 Å². The first-order valence-corrected chi connectivity index (χ1v) is 3.95. The third-order valence-electron chi connectivity index (χ3n) is 2.28. The van der Waals surface area contributed by atoms with Crippen LogP contribution in [0.4, 0.5) is 0 Å². The Balaban J connectivity index is 2.93. The molecule has 3 heteroatoms. The maximum absolute atomic E-state index is 4.11. The van der Waals surface area contributed by atoms with Gasteiger partial charge in [-0.05, 0) is 25.5 Å². The van der Waals surface area contributed by atoms with Crippen molar-refractivity contribution in [2.24, 2.45) is 7.05 Å². The van der Waals surface area contributed by atoms with Gasteiger partial charge < -0.3 is 4.57 Å². The highest BCUT2D eigenvalue weighted by molar-refractivity contribution is 5.79. The summed E-state index contributed by atoms with van der Waals surface area (Å²) in [7, 11) is 1.98. The Hall–Kier alpha value is -1.38. The zero-order chi connectivity index (χ0) is 8.72. The van der Waals surface area contributed by atoms with Crippen LogP contribution in [-0.2, 0) is 7.05 Å². The first kappa shape index (κ1) is 7.28. The van der Waals surface area contributed by atoms with Crippen LogP contribution in [0, 0.1) is 13.8 Å². The van der Waals surface area contributed by atoms with Crippen LogP contribution >= 0.6 is 0 Å². The molecule has 0 unspecified atom stereocenters. The lowest BCUT2D eigenvalue weighted by Crippen LogP contribution is -1.95. The molecule has 2 aromatic heterocycles. The second kappa shape index (κ2) is 2.30. The van der Waals surface area contributed by atoms with Gasteiger partial charge in [0.15, 0.2) is 5.65 Å². The fraction of sp³-hybridized carbons (Fsp3) is 0.333. The number of hydrogen-bond donors (Lipinski definition) is 0. The Labute approximate surface area is 71.0 Å². The molecule has 0 aliphatic heterocycles. The van der Waals surface area contributed by atoms with E-state index in [1.165, 1.54) is 10.9 Å². The molecule has 0 aliphatic carbocycles. The summed E-state index contributed by atoms with van der Waals surface area (Å²) in [4.78, 5) is 0. The van der Waals surface area contributed by atoms with Crippen molar-refractivity contribution in [3.05, 3.63) is 23.5 Å². The smallest absolute Gasteiger partial charge is 0.162 e. The van der Waals surface area contributed by atoms with Gasteiger partial charge in [-0.3, -0.25) is 0 Å². The van der Waals surface area contributed by atoms with Crippen molar-refractivity contribution in [2.75, 3.05) is 0 Å². The molecule has 0 N–H and O–H groups in total. The van der Waals surface area contributed by atoms with Crippen LogP contribution in [0.2, 0.25) is 0 Å². The van der Waals surface area contributed by atoms with E-state index in [1.807, 2.05) is 24.7 Å². The molecule has 0 radical (unpaired) electrons. The van der Waals surface area contributed by atoms with Gasteiger partial charge in [0.2, 0.25) is 0 Å². The summed E-state index contributed by atoms with van der Waals surface area (Å²) in [6.45, 7) is 4.06. The third-order valence-corrected chi connectivity index (χ3v) is 2.28. The molecular weight excluding hydrogens is 150 g/mol. The van der Waals surface area contributed by atoms with Gasteiger partial charge in [0.1, 0.15) is 0 Å². The Morgan fingerprint density at radius 1 is 1.25 bits per heavy atom. The highest BCUT2D eigenvalue weighted by atomic mass is 15.2. The second-order valence-electron chi connectivity index (χ2n) is 3.07. The Morgan fingerprint density at radius 2 is 2.00 bits per heavy atom. The van der Waals surface area contributed by atoms with Crippen molar-refractivity contribution >= 4 is 11.0 Å². The molecule has 0 spiro atoms. The van der Waals surface area contributed by atoms with Gasteiger partial charge in [0.05, 0.1) is 5.69 Å². The molecule has 12 heavy (non-hydrogen) atoms. The van der Waals surface area contributed by atoms with E-state index in [-0.39, 0.29) is 0 Å². The standard InChI is InChI=1S/C9H11N3/c1-6-7(2)10-11-9-8(6)4-5-12(9)3/h4-5H,1-3H3. The van der Waals surface area contributed by atoms with Crippen molar-refractivity contribution in [3.8, 4) is 0 Å². The predicted octanol–water partition coefficient (Wildman–Crippen LogP) is 1.59. The van der Waals surface area contributed by atoms with Crippen molar-refractivity contribution in [3.63, 3.8) is 0 Å². The van der Waals surface area contributed by atoms with Gasteiger partial charge >= 0.3 is 0 Å². The Morgan fingerprint density at radius 3 is 2.75 bits per heavy atom. The van der Waals surface area contributed by atoms with E-state index < -0.39 is 0 Å². The molecule has 3 nitrogen and oxygen atoms in total. The third kappa shape index (κ3) is 0.826. The summed E-state index contributed by atoms with van der Waals surface area (Å²) >= 11 is 0. The zero-order valence-corrected chi connectivity index (χ0v) is 7.50. The average Bonchev–Trinajstić information content (AvgIpc) is 2.41. The highest BCUT2D eigenvalue weighted by Gasteiger charge is 2.04. The molecule has 0 aromatic carbocycles. The summed E-state index contributed by atoms with van der Waals surface area (Å²) in [5, 5.41) is 9.38. The van der Waals surface area contributed by atoms with Crippen molar-refractivity contribution in [2.45, 2.75) is 13.8 Å². The van der Waals surface area contributed by atoms with E-state index in [1.54, 1.807) is 0 Å². The second-order valence-corrected chi connectivity index (χ2v) is 3.07. The molecule has 2 rings (SSSR count). The quantitative estimate of drug-likeness (QED) is 0.587. The minimum absolute atomic E-state index is 0.957. The normalized spacial score (nSPS) is 10.9. The molecule has 62 valence electrons. The molecule has 0 amide bonds. The average molecular weight is 161 g/mol. The highest BCUT2D eigenvalue weighted by Crippen LogP contribution is 2.17. The lowest BCUT2D eigenvalue weighted by atomic mass is 10.2. The molecule has 2 heterocycles. The van der Waals surface area contributed by atoms with E-state index in [2.05, 4.69) is 23.2 Å². The van der Waals surface area contributed by atoms with Crippen LogP contribution in [0.3, 0.4) is 0 Å². The van der Waals surface area contributed by atoms with Gasteiger partial charge in [0.25, 0.3) is 0 Å². The first-order valence-electron chi connectivity index (χ1n) is 3.95. The lowest BCUT2D eigenvalue weighted by molar-refractivity contribution is 0.902. The molecule has 0 bridgehead atoms. The van der Waals surface area contributed by atoms with Crippen LogP contribution in [0.1, 0.15) is 11.3 Å². The lowest BCUT2D eigenvalue weighted by Gasteiger charge is -1.99. The zero-order valence-electron chi connectivity index (χ0n) is 7.50. The summed E-state index contributed by atoms with van der Waals surface area (Å²) < 4.78 is 1.98. The molecular formula is C9H11N3. The molecule has 0 fully saturated rings. The van der Waals surface area contributed by atoms with Crippen LogP contribution < -0.4 is 0 Å². The SMILES string of the molecule is Cc1nnc2c(ccn2C)c1C. The summed E-state index contributed by atoms with van der Waals surface area (Å²) in [6, 6.07) is 2.08. The Bertz CT molecular complexity index is 429. The van der Waals surface area contributed by atoms with Gasteiger partial charge in [-0.2, -0.15) is 5.10 Å². The molecule has 0 saturated carbocycles. The van der Waals surface area contributed by atoms with Gasteiger partial charge in [0, 0.05) is 18.6 Å². The summed E-state index contributed by atoms with van der Waals surface area (Å²) in [6.07, 6.45) is 2.01. The first-order chi connectivity index (χ1) is 5.70. The number of hydrogen-bond acceptors (Lipinski definition) is 2. The minimum Gasteiger partial charge on any atom is -0.334 e. The number of aryl methyl sites for hydroxylation is 3. The van der Waals surface area contributed by atoms with E-state index in [9.17, 15) is 0 Å². The molecule has 0 atom stereocenters. The van der Waals surface area contributed by atoms with E-state index in [4.69, 9.17) is 0 Å². The van der Waals surface area contributed by atoms with Crippen LogP contribution in [0.15, 0.2) is 12.3 Å². The fourth-order valence-electron chi connectivity index (χ4n) is 1.33. The molecule has 0 aliphatic rings. The maximum Gasteiger partial charge on any atom is 0.162 e.